The molecule has 6 heteroatoms. The molecule has 1 aromatic carbocycles. The standard InChI is InChI=1S/C15H19ClN2O3/c16-12-7-10(8-13-14(12)21-6-5-20-13)9-18-3-1-11(2-4-18)15(17)19/h7-8,11H,1-6,9H2,(H2,17,19)/p+1. The average Bonchev–Trinajstić information content (AvgIpc) is 2.48. The summed E-state index contributed by atoms with van der Waals surface area (Å²) in [6.07, 6.45) is 1.73. The van der Waals surface area contributed by atoms with Gasteiger partial charge in [0.25, 0.3) is 0 Å². The van der Waals surface area contributed by atoms with Gasteiger partial charge in [-0.15, -0.1) is 0 Å². The highest BCUT2D eigenvalue weighted by atomic mass is 35.5. The Bertz CT molecular complexity index is 542. The molecule has 1 aromatic rings. The van der Waals surface area contributed by atoms with Crippen molar-refractivity contribution in [1.29, 1.82) is 0 Å². The molecule has 1 fully saturated rings. The third-order valence-electron chi connectivity index (χ3n) is 4.21. The van der Waals surface area contributed by atoms with Crippen LogP contribution in [0.15, 0.2) is 12.1 Å². The first-order valence-electron chi connectivity index (χ1n) is 7.34. The smallest absolute Gasteiger partial charge is 0.220 e. The van der Waals surface area contributed by atoms with Crippen molar-refractivity contribution in [2.45, 2.75) is 19.4 Å². The third-order valence-corrected chi connectivity index (χ3v) is 4.49. The fraction of sp³-hybridized carbons (Fsp3) is 0.533. The van der Waals surface area contributed by atoms with Crippen LogP contribution in [0.3, 0.4) is 0 Å². The van der Waals surface area contributed by atoms with E-state index in [-0.39, 0.29) is 11.8 Å². The summed E-state index contributed by atoms with van der Waals surface area (Å²) in [4.78, 5) is 12.6. The van der Waals surface area contributed by atoms with Gasteiger partial charge >= 0.3 is 0 Å². The number of amides is 1. The molecule has 3 N–H and O–H groups in total. The van der Waals surface area contributed by atoms with Crippen LogP contribution in [0.25, 0.3) is 0 Å². The van der Waals surface area contributed by atoms with E-state index in [0.717, 1.165) is 43.8 Å². The number of benzene rings is 1. The number of ether oxygens (including phenoxy) is 2. The molecule has 1 saturated heterocycles. The highest BCUT2D eigenvalue weighted by molar-refractivity contribution is 6.32. The van der Waals surface area contributed by atoms with Crippen molar-refractivity contribution >= 4 is 17.5 Å². The van der Waals surface area contributed by atoms with Gasteiger partial charge < -0.3 is 20.1 Å². The molecule has 0 atom stereocenters. The highest BCUT2D eigenvalue weighted by Crippen LogP contribution is 2.38. The Hall–Kier alpha value is -1.46. The topological polar surface area (TPSA) is 66.0 Å². The maximum Gasteiger partial charge on any atom is 0.220 e. The molecule has 1 amide bonds. The Morgan fingerprint density at radius 1 is 1.29 bits per heavy atom. The van der Waals surface area contributed by atoms with Crippen molar-refractivity contribution in [3.05, 3.63) is 22.7 Å². The van der Waals surface area contributed by atoms with Crippen LogP contribution >= 0.6 is 11.6 Å². The summed E-state index contributed by atoms with van der Waals surface area (Å²) in [6.45, 7) is 3.89. The minimum atomic E-state index is -0.170. The largest absolute Gasteiger partial charge is 0.486 e. The number of halogens is 1. The number of quaternary nitrogens is 1. The van der Waals surface area contributed by atoms with Crippen molar-refractivity contribution in [2.24, 2.45) is 11.7 Å². The summed E-state index contributed by atoms with van der Waals surface area (Å²) >= 11 is 6.25. The molecule has 0 aliphatic carbocycles. The number of carbonyl (C=O) groups excluding carboxylic acids is 1. The molecular weight excluding hydrogens is 292 g/mol. The van der Waals surface area contributed by atoms with Gasteiger partial charge in [-0.05, 0) is 12.1 Å². The molecule has 3 rings (SSSR count). The molecule has 114 valence electrons. The molecule has 5 nitrogen and oxygen atoms in total. The second kappa shape index (κ2) is 6.12. The van der Waals surface area contributed by atoms with Crippen LogP contribution in [-0.4, -0.2) is 32.2 Å². The lowest BCUT2D eigenvalue weighted by Crippen LogP contribution is -3.11. The molecule has 0 aromatic heterocycles. The van der Waals surface area contributed by atoms with Crippen LogP contribution in [-0.2, 0) is 11.3 Å². The van der Waals surface area contributed by atoms with E-state index in [0.29, 0.717) is 24.0 Å². The number of hydrogen-bond acceptors (Lipinski definition) is 3. The van der Waals surface area contributed by atoms with Crippen LogP contribution in [0.2, 0.25) is 5.02 Å². The average molecular weight is 312 g/mol. The molecule has 0 unspecified atom stereocenters. The SMILES string of the molecule is NC(=O)C1CC[NH+](Cc2cc(Cl)c3c(c2)OCCO3)CC1. The zero-order valence-electron chi connectivity index (χ0n) is 11.9. The van der Waals surface area contributed by atoms with E-state index < -0.39 is 0 Å². The van der Waals surface area contributed by atoms with Crippen molar-refractivity contribution in [3.8, 4) is 11.5 Å². The third kappa shape index (κ3) is 3.24. The maximum atomic E-state index is 11.2. The minimum absolute atomic E-state index is 0.0394. The Morgan fingerprint density at radius 3 is 2.71 bits per heavy atom. The molecule has 0 bridgehead atoms. The van der Waals surface area contributed by atoms with Crippen LogP contribution in [0, 0.1) is 5.92 Å². The van der Waals surface area contributed by atoms with Gasteiger partial charge in [0.15, 0.2) is 11.5 Å². The number of carbonyl (C=O) groups is 1. The summed E-state index contributed by atoms with van der Waals surface area (Å²) in [5.74, 6) is 1.25. The lowest BCUT2D eigenvalue weighted by Gasteiger charge is -2.28. The van der Waals surface area contributed by atoms with Crippen LogP contribution in [0.4, 0.5) is 0 Å². The van der Waals surface area contributed by atoms with Crippen LogP contribution in [0.5, 0.6) is 11.5 Å². The second-order valence-electron chi connectivity index (χ2n) is 5.71. The first-order valence-corrected chi connectivity index (χ1v) is 7.72. The number of fused-ring (bicyclic) bond motifs is 1. The number of hydrogen-bond donors (Lipinski definition) is 2. The summed E-state index contributed by atoms with van der Waals surface area (Å²) in [5.41, 5.74) is 6.50. The Morgan fingerprint density at radius 2 is 2.00 bits per heavy atom. The minimum Gasteiger partial charge on any atom is -0.486 e. The molecule has 0 radical (unpaired) electrons. The number of piperidine rings is 1. The van der Waals surface area contributed by atoms with E-state index in [1.165, 1.54) is 4.90 Å². The molecule has 0 saturated carbocycles. The predicted octanol–water partition coefficient (Wildman–Crippen LogP) is 0.391. The van der Waals surface area contributed by atoms with Gasteiger partial charge in [0.1, 0.15) is 19.8 Å². The van der Waals surface area contributed by atoms with Crippen molar-refractivity contribution in [3.63, 3.8) is 0 Å². The first kappa shape index (κ1) is 14.5. The quantitative estimate of drug-likeness (QED) is 0.849. The van der Waals surface area contributed by atoms with Gasteiger partial charge in [0, 0.05) is 24.3 Å². The van der Waals surface area contributed by atoms with Gasteiger partial charge in [-0.3, -0.25) is 4.79 Å². The zero-order chi connectivity index (χ0) is 14.8. The van der Waals surface area contributed by atoms with Gasteiger partial charge in [0.2, 0.25) is 5.91 Å². The van der Waals surface area contributed by atoms with E-state index in [1.54, 1.807) is 0 Å². The van der Waals surface area contributed by atoms with E-state index in [4.69, 9.17) is 26.8 Å². The number of nitrogens with two attached hydrogens (primary N) is 1. The highest BCUT2D eigenvalue weighted by Gasteiger charge is 2.26. The molecule has 0 spiro atoms. The normalized spacial score (nSPS) is 24.6. The molecule has 2 aliphatic heterocycles. The van der Waals surface area contributed by atoms with E-state index >= 15 is 0 Å². The summed E-state index contributed by atoms with van der Waals surface area (Å²) in [6, 6.07) is 3.95. The molecule has 2 heterocycles. The number of nitrogens with one attached hydrogen (secondary N) is 1. The summed E-state index contributed by atoms with van der Waals surface area (Å²) in [7, 11) is 0. The van der Waals surface area contributed by atoms with E-state index in [2.05, 4.69) is 0 Å². The van der Waals surface area contributed by atoms with Crippen molar-refractivity contribution in [1.82, 2.24) is 0 Å². The number of primary amides is 1. The van der Waals surface area contributed by atoms with Gasteiger partial charge in [0.05, 0.1) is 18.1 Å². The van der Waals surface area contributed by atoms with E-state index in [1.807, 2.05) is 12.1 Å². The van der Waals surface area contributed by atoms with Gasteiger partial charge in [-0.2, -0.15) is 0 Å². The Labute approximate surface area is 128 Å². The number of rotatable bonds is 3. The summed E-state index contributed by atoms with van der Waals surface area (Å²) in [5, 5.41) is 0.605. The molecular formula is C15H20ClN2O3+. The summed E-state index contributed by atoms with van der Waals surface area (Å²) < 4.78 is 11.1. The van der Waals surface area contributed by atoms with Crippen LogP contribution < -0.4 is 20.1 Å². The lowest BCUT2D eigenvalue weighted by molar-refractivity contribution is -0.919. The van der Waals surface area contributed by atoms with Crippen LogP contribution in [0.1, 0.15) is 18.4 Å². The van der Waals surface area contributed by atoms with Crippen molar-refractivity contribution in [2.75, 3.05) is 26.3 Å². The first-order chi connectivity index (χ1) is 10.1. The molecule has 2 aliphatic rings. The zero-order valence-corrected chi connectivity index (χ0v) is 12.6. The predicted molar refractivity (Wildman–Crippen MR) is 78.8 cm³/mol. The lowest BCUT2D eigenvalue weighted by atomic mass is 9.96. The van der Waals surface area contributed by atoms with Gasteiger partial charge in [-0.25, -0.2) is 0 Å². The van der Waals surface area contributed by atoms with Crippen molar-refractivity contribution < 1.29 is 19.2 Å². The fourth-order valence-corrected chi connectivity index (χ4v) is 3.33. The second-order valence-corrected chi connectivity index (χ2v) is 6.11. The Balaban J connectivity index is 1.66. The Kier molecular flexibility index (Phi) is 4.22. The van der Waals surface area contributed by atoms with Gasteiger partial charge in [-0.1, -0.05) is 11.6 Å². The number of likely N-dealkylation sites (tertiary alicyclic amines) is 1. The molecule has 21 heavy (non-hydrogen) atoms. The fourth-order valence-electron chi connectivity index (χ4n) is 3.04. The maximum absolute atomic E-state index is 11.2. The van der Waals surface area contributed by atoms with E-state index in [9.17, 15) is 4.79 Å². The monoisotopic (exact) mass is 311 g/mol.